The molecular formula is C22H24FNO3. The van der Waals surface area contributed by atoms with E-state index in [2.05, 4.69) is 11.4 Å². The van der Waals surface area contributed by atoms with Gasteiger partial charge in [-0.3, -0.25) is 9.59 Å². The van der Waals surface area contributed by atoms with Crippen molar-refractivity contribution in [3.8, 4) is 5.75 Å². The predicted octanol–water partition coefficient (Wildman–Crippen LogP) is 3.86. The maximum absolute atomic E-state index is 12.8. The molecule has 2 aromatic carbocycles. The van der Waals surface area contributed by atoms with Crippen LogP contribution < -0.4 is 10.1 Å². The Kier molecular flexibility index (Phi) is 6.58. The molecule has 1 N–H and O–H groups in total. The van der Waals surface area contributed by atoms with E-state index in [-0.39, 0.29) is 37.0 Å². The molecule has 0 saturated heterocycles. The number of hydrogen-bond acceptors (Lipinski definition) is 3. The predicted molar refractivity (Wildman–Crippen MR) is 102 cm³/mol. The van der Waals surface area contributed by atoms with Gasteiger partial charge in [0.25, 0.3) is 0 Å². The highest BCUT2D eigenvalue weighted by atomic mass is 19.1. The first-order chi connectivity index (χ1) is 13.1. The highest BCUT2D eigenvalue weighted by Gasteiger charge is 2.14. The third-order valence-corrected chi connectivity index (χ3v) is 4.76. The summed E-state index contributed by atoms with van der Waals surface area (Å²) in [5.74, 6) is 0.0533. The monoisotopic (exact) mass is 369 g/mol. The van der Waals surface area contributed by atoms with Gasteiger partial charge in [-0.05, 0) is 67.1 Å². The molecule has 1 amide bonds. The van der Waals surface area contributed by atoms with Gasteiger partial charge in [0.15, 0.2) is 5.78 Å². The number of aryl methyl sites for hydroxylation is 2. The number of carbonyl (C=O) groups is 2. The van der Waals surface area contributed by atoms with Crippen LogP contribution in [0.25, 0.3) is 0 Å². The molecule has 27 heavy (non-hydrogen) atoms. The number of ketones is 1. The van der Waals surface area contributed by atoms with E-state index in [0.717, 1.165) is 12.8 Å². The molecule has 0 aliphatic heterocycles. The lowest BCUT2D eigenvalue weighted by atomic mass is 9.89. The number of hydrogen-bond donors (Lipinski definition) is 1. The number of fused-ring (bicyclic) bond motifs is 1. The molecule has 0 radical (unpaired) electrons. The van der Waals surface area contributed by atoms with Crippen molar-refractivity contribution in [2.45, 2.75) is 38.5 Å². The fraction of sp³-hybridized carbons (Fsp3) is 0.364. The second-order valence-electron chi connectivity index (χ2n) is 6.77. The molecule has 0 heterocycles. The fourth-order valence-electron chi connectivity index (χ4n) is 3.26. The first-order valence-corrected chi connectivity index (χ1v) is 9.42. The lowest BCUT2D eigenvalue weighted by Gasteiger charge is -2.16. The molecule has 0 spiro atoms. The Balaban J connectivity index is 1.37. The molecule has 1 aliphatic carbocycles. The third-order valence-electron chi connectivity index (χ3n) is 4.76. The zero-order valence-electron chi connectivity index (χ0n) is 15.3. The molecular weight excluding hydrogens is 345 g/mol. The van der Waals surface area contributed by atoms with E-state index in [1.807, 2.05) is 12.1 Å². The van der Waals surface area contributed by atoms with E-state index >= 15 is 0 Å². The summed E-state index contributed by atoms with van der Waals surface area (Å²) in [7, 11) is 0. The van der Waals surface area contributed by atoms with Gasteiger partial charge in [-0.15, -0.1) is 0 Å². The summed E-state index contributed by atoms with van der Waals surface area (Å²) in [5.41, 5.74) is 3.31. The Hall–Kier alpha value is -2.69. The molecule has 0 atom stereocenters. The van der Waals surface area contributed by atoms with Crippen LogP contribution in [0.3, 0.4) is 0 Å². The van der Waals surface area contributed by atoms with Crippen LogP contribution in [0.5, 0.6) is 5.75 Å². The molecule has 5 heteroatoms. The van der Waals surface area contributed by atoms with Crippen LogP contribution in [0, 0.1) is 5.82 Å². The molecule has 1 aliphatic rings. The van der Waals surface area contributed by atoms with Crippen LogP contribution in [-0.2, 0) is 17.6 Å². The minimum Gasteiger partial charge on any atom is -0.492 e. The van der Waals surface area contributed by atoms with Crippen molar-refractivity contribution in [1.82, 2.24) is 5.32 Å². The summed E-state index contributed by atoms with van der Waals surface area (Å²) in [6, 6.07) is 11.6. The average Bonchev–Trinajstić information content (AvgIpc) is 2.70. The minimum atomic E-state index is -0.320. The van der Waals surface area contributed by atoms with Gasteiger partial charge in [0.2, 0.25) is 5.91 Å². The number of nitrogens with one attached hydrogen (secondary N) is 1. The van der Waals surface area contributed by atoms with Gasteiger partial charge in [-0.25, -0.2) is 4.39 Å². The van der Waals surface area contributed by atoms with E-state index < -0.39 is 0 Å². The summed E-state index contributed by atoms with van der Waals surface area (Å²) in [5, 5.41) is 2.73. The molecule has 4 nitrogen and oxygen atoms in total. The Labute approximate surface area is 158 Å². The van der Waals surface area contributed by atoms with Gasteiger partial charge in [0, 0.05) is 18.4 Å². The van der Waals surface area contributed by atoms with Crippen molar-refractivity contribution < 1.29 is 18.7 Å². The first kappa shape index (κ1) is 19.1. The quantitative estimate of drug-likeness (QED) is 0.568. The molecule has 142 valence electrons. The normalized spacial score (nSPS) is 12.9. The number of amides is 1. The number of ether oxygens (including phenoxy) is 1. The van der Waals surface area contributed by atoms with Crippen LogP contribution in [-0.4, -0.2) is 24.8 Å². The van der Waals surface area contributed by atoms with Crippen molar-refractivity contribution >= 4 is 11.7 Å². The third kappa shape index (κ3) is 5.64. The number of carbonyl (C=O) groups excluding carboxylic acids is 2. The van der Waals surface area contributed by atoms with Crippen LogP contribution in [0.15, 0.2) is 42.5 Å². The smallest absolute Gasteiger partial charge is 0.220 e. The van der Waals surface area contributed by atoms with Crippen LogP contribution in [0.1, 0.15) is 47.2 Å². The molecule has 3 rings (SSSR count). The van der Waals surface area contributed by atoms with Gasteiger partial charge < -0.3 is 10.1 Å². The summed E-state index contributed by atoms with van der Waals surface area (Å²) < 4.78 is 18.2. The van der Waals surface area contributed by atoms with Gasteiger partial charge in [0.1, 0.15) is 18.2 Å². The number of benzene rings is 2. The first-order valence-electron chi connectivity index (χ1n) is 9.42. The number of Topliss-reactive ketones (excluding diaryl/α,β-unsaturated/α-hetero) is 1. The molecule has 0 fully saturated rings. The maximum Gasteiger partial charge on any atom is 0.220 e. The average molecular weight is 369 g/mol. The molecule has 0 saturated carbocycles. The largest absolute Gasteiger partial charge is 0.492 e. The molecule has 0 aromatic heterocycles. The lowest BCUT2D eigenvalue weighted by molar-refractivity contribution is -0.121. The Morgan fingerprint density at radius 2 is 1.70 bits per heavy atom. The highest BCUT2D eigenvalue weighted by Crippen LogP contribution is 2.23. The lowest BCUT2D eigenvalue weighted by Crippen LogP contribution is -2.28. The second-order valence-corrected chi connectivity index (χ2v) is 6.77. The minimum absolute atomic E-state index is 0.00101. The van der Waals surface area contributed by atoms with Crippen molar-refractivity contribution in [3.63, 3.8) is 0 Å². The van der Waals surface area contributed by atoms with E-state index in [4.69, 9.17) is 4.74 Å². The molecule has 0 bridgehead atoms. The Morgan fingerprint density at radius 3 is 2.48 bits per heavy atom. The van der Waals surface area contributed by atoms with E-state index in [1.54, 1.807) is 0 Å². The topological polar surface area (TPSA) is 55.4 Å². The van der Waals surface area contributed by atoms with Crippen LogP contribution >= 0.6 is 0 Å². The number of halogens is 1. The van der Waals surface area contributed by atoms with Crippen molar-refractivity contribution in [3.05, 3.63) is 65.0 Å². The zero-order valence-corrected chi connectivity index (χ0v) is 15.3. The van der Waals surface area contributed by atoms with Crippen molar-refractivity contribution in [1.29, 1.82) is 0 Å². The van der Waals surface area contributed by atoms with Crippen molar-refractivity contribution in [2.24, 2.45) is 0 Å². The fourth-order valence-corrected chi connectivity index (χ4v) is 3.26. The molecule has 2 aromatic rings. The van der Waals surface area contributed by atoms with Crippen LogP contribution in [0.2, 0.25) is 0 Å². The van der Waals surface area contributed by atoms with E-state index in [0.29, 0.717) is 17.9 Å². The Bertz CT molecular complexity index is 802. The summed E-state index contributed by atoms with van der Waals surface area (Å²) in [6.45, 7) is 0.624. The summed E-state index contributed by atoms with van der Waals surface area (Å²) >= 11 is 0. The van der Waals surface area contributed by atoms with Crippen LogP contribution in [0.4, 0.5) is 4.39 Å². The van der Waals surface area contributed by atoms with Gasteiger partial charge >= 0.3 is 0 Å². The van der Waals surface area contributed by atoms with Crippen molar-refractivity contribution in [2.75, 3.05) is 13.2 Å². The number of rotatable bonds is 8. The molecule has 0 unspecified atom stereocenters. The zero-order chi connectivity index (χ0) is 19.1. The Morgan fingerprint density at radius 1 is 0.963 bits per heavy atom. The van der Waals surface area contributed by atoms with Gasteiger partial charge in [0.05, 0.1) is 6.54 Å². The SMILES string of the molecule is O=C(CCC(=O)c1ccc2c(c1)CCCC2)NCCOc1ccc(F)cc1. The highest BCUT2D eigenvalue weighted by molar-refractivity contribution is 5.98. The van der Waals surface area contributed by atoms with Gasteiger partial charge in [-0.1, -0.05) is 12.1 Å². The second kappa shape index (κ2) is 9.31. The standard InChI is InChI=1S/C22H24FNO3/c23-19-7-9-20(10-8-19)27-14-13-24-22(26)12-11-21(25)18-6-5-16-3-1-2-4-17(16)15-18/h5-10,15H,1-4,11-14H2,(H,24,26). The summed E-state index contributed by atoms with van der Waals surface area (Å²) in [6.07, 6.45) is 4.87. The maximum atomic E-state index is 12.8. The van der Waals surface area contributed by atoms with Gasteiger partial charge in [-0.2, -0.15) is 0 Å². The van der Waals surface area contributed by atoms with E-state index in [9.17, 15) is 14.0 Å². The van der Waals surface area contributed by atoms with E-state index in [1.165, 1.54) is 48.2 Å². The summed E-state index contributed by atoms with van der Waals surface area (Å²) in [4.78, 5) is 24.2.